The molecule has 0 saturated heterocycles. The van der Waals surface area contributed by atoms with E-state index in [-0.39, 0.29) is 5.91 Å². The maximum atomic E-state index is 11.1. The molecule has 4 nitrogen and oxygen atoms in total. The van der Waals surface area contributed by atoms with Crippen LogP contribution in [0.4, 0.5) is 5.13 Å². The molecule has 1 aliphatic rings. The van der Waals surface area contributed by atoms with Gasteiger partial charge >= 0.3 is 0 Å². The summed E-state index contributed by atoms with van der Waals surface area (Å²) in [6.07, 6.45) is 6.32. The number of nitrogens with one attached hydrogen (secondary N) is 1. The molecule has 1 amide bonds. The highest BCUT2D eigenvalue weighted by atomic mass is 79.9. The summed E-state index contributed by atoms with van der Waals surface area (Å²) in [5.74, 6) is 0.479. The Morgan fingerprint density at radius 3 is 2.81 bits per heavy atom. The fourth-order valence-corrected chi connectivity index (χ4v) is 3.02. The number of anilines is 1. The number of carbonyl (C=O) groups is 1. The quantitative estimate of drug-likeness (QED) is 0.874. The van der Waals surface area contributed by atoms with E-state index in [0.29, 0.717) is 16.4 Å². The molecule has 0 unspecified atom stereocenters. The van der Waals surface area contributed by atoms with Crippen LogP contribution < -0.4 is 5.32 Å². The highest BCUT2D eigenvalue weighted by molar-refractivity contribution is 9.09. The Balaban J connectivity index is 1.98. The minimum atomic E-state index is -0.0775. The van der Waals surface area contributed by atoms with Gasteiger partial charge in [-0.1, -0.05) is 46.5 Å². The fraction of sp³-hybridized carbons (Fsp3) is 0.700. The highest BCUT2D eigenvalue weighted by Crippen LogP contribution is 2.35. The molecular formula is C10H14BrN3OS. The first-order valence-electron chi connectivity index (χ1n) is 5.49. The van der Waals surface area contributed by atoms with Crippen molar-refractivity contribution >= 4 is 38.3 Å². The van der Waals surface area contributed by atoms with Crippen molar-refractivity contribution in [2.24, 2.45) is 0 Å². The van der Waals surface area contributed by atoms with Crippen molar-refractivity contribution in [3.8, 4) is 0 Å². The lowest BCUT2D eigenvalue weighted by Crippen LogP contribution is -2.11. The number of nitrogens with zero attached hydrogens (tertiary/aromatic N) is 2. The van der Waals surface area contributed by atoms with Crippen LogP contribution in [0.3, 0.4) is 0 Å². The number of amides is 1. The molecule has 16 heavy (non-hydrogen) atoms. The average molecular weight is 304 g/mol. The van der Waals surface area contributed by atoms with E-state index >= 15 is 0 Å². The first-order valence-corrected chi connectivity index (χ1v) is 7.42. The van der Waals surface area contributed by atoms with Crippen LogP contribution in [0.15, 0.2) is 0 Å². The van der Waals surface area contributed by atoms with Crippen LogP contribution in [0, 0.1) is 0 Å². The Labute approximate surface area is 107 Å². The molecule has 1 aromatic rings. The van der Waals surface area contributed by atoms with Crippen molar-refractivity contribution < 1.29 is 4.79 Å². The van der Waals surface area contributed by atoms with Gasteiger partial charge in [0.15, 0.2) is 0 Å². The van der Waals surface area contributed by atoms with Gasteiger partial charge < -0.3 is 0 Å². The van der Waals surface area contributed by atoms with Crippen LogP contribution in [0.1, 0.15) is 43.0 Å². The summed E-state index contributed by atoms with van der Waals surface area (Å²) in [4.78, 5) is 11.1. The molecule has 0 aromatic carbocycles. The Hall–Kier alpha value is -0.490. The molecule has 1 saturated carbocycles. The van der Waals surface area contributed by atoms with Crippen LogP contribution in [0.2, 0.25) is 0 Å². The summed E-state index contributed by atoms with van der Waals surface area (Å²) in [6.45, 7) is 0. The molecule has 1 heterocycles. The largest absolute Gasteiger partial charge is 0.300 e. The third-order valence-electron chi connectivity index (χ3n) is 2.76. The molecule has 0 atom stereocenters. The van der Waals surface area contributed by atoms with Gasteiger partial charge in [0.1, 0.15) is 5.01 Å². The van der Waals surface area contributed by atoms with Gasteiger partial charge in [0.05, 0.1) is 5.33 Å². The lowest BCUT2D eigenvalue weighted by atomic mass is 9.90. The summed E-state index contributed by atoms with van der Waals surface area (Å²) in [5.41, 5.74) is 0. The van der Waals surface area contributed by atoms with Crippen LogP contribution >= 0.6 is 27.3 Å². The number of alkyl halides is 1. The number of aromatic nitrogens is 2. The molecule has 88 valence electrons. The van der Waals surface area contributed by atoms with Crippen LogP contribution in [0.5, 0.6) is 0 Å². The van der Waals surface area contributed by atoms with Gasteiger partial charge in [0.25, 0.3) is 0 Å². The molecule has 0 radical (unpaired) electrons. The summed E-state index contributed by atoms with van der Waals surface area (Å²) >= 11 is 4.61. The van der Waals surface area contributed by atoms with E-state index in [1.165, 1.54) is 43.4 Å². The van der Waals surface area contributed by atoms with Crippen molar-refractivity contribution in [1.29, 1.82) is 0 Å². The van der Waals surface area contributed by atoms with Gasteiger partial charge in [-0.05, 0) is 12.8 Å². The van der Waals surface area contributed by atoms with Gasteiger partial charge in [-0.2, -0.15) is 0 Å². The molecule has 0 bridgehead atoms. The maximum absolute atomic E-state index is 11.1. The Bertz CT molecular complexity index is 363. The third-order valence-corrected chi connectivity index (χ3v) is 4.27. The second-order valence-corrected chi connectivity index (χ2v) is 5.53. The summed E-state index contributed by atoms with van der Waals surface area (Å²) in [7, 11) is 0. The molecule has 1 N–H and O–H groups in total. The topological polar surface area (TPSA) is 54.9 Å². The van der Waals surface area contributed by atoms with Gasteiger partial charge in [0, 0.05) is 5.92 Å². The van der Waals surface area contributed by atoms with E-state index < -0.39 is 0 Å². The lowest BCUT2D eigenvalue weighted by molar-refractivity contribution is -0.113. The van der Waals surface area contributed by atoms with E-state index in [9.17, 15) is 4.79 Å². The molecule has 6 heteroatoms. The third kappa shape index (κ3) is 3.01. The number of halogens is 1. The summed E-state index contributed by atoms with van der Waals surface area (Å²) < 4.78 is 0. The van der Waals surface area contributed by atoms with E-state index in [2.05, 4.69) is 31.4 Å². The smallest absolute Gasteiger partial charge is 0.236 e. The monoisotopic (exact) mass is 303 g/mol. The minimum Gasteiger partial charge on any atom is -0.300 e. The second kappa shape index (κ2) is 5.72. The van der Waals surface area contributed by atoms with Crippen LogP contribution in [-0.4, -0.2) is 21.4 Å². The number of carbonyl (C=O) groups excluding carboxylic acids is 1. The van der Waals surface area contributed by atoms with E-state index in [1.807, 2.05) is 0 Å². The predicted molar refractivity (Wildman–Crippen MR) is 68.2 cm³/mol. The number of hydrogen-bond donors (Lipinski definition) is 1. The molecule has 2 rings (SSSR count). The van der Waals surface area contributed by atoms with Gasteiger partial charge in [-0.25, -0.2) is 0 Å². The van der Waals surface area contributed by atoms with Crippen LogP contribution in [-0.2, 0) is 4.79 Å². The van der Waals surface area contributed by atoms with Crippen molar-refractivity contribution in [2.75, 3.05) is 10.6 Å². The zero-order valence-electron chi connectivity index (χ0n) is 8.91. The first-order chi connectivity index (χ1) is 7.79. The molecule has 1 fully saturated rings. The Kier molecular flexibility index (Phi) is 4.29. The molecule has 0 aliphatic heterocycles. The predicted octanol–water partition coefficient (Wildman–Crippen LogP) is 2.92. The fourth-order valence-electron chi connectivity index (χ4n) is 1.95. The second-order valence-electron chi connectivity index (χ2n) is 3.96. The first kappa shape index (κ1) is 12.0. The Morgan fingerprint density at radius 2 is 2.12 bits per heavy atom. The standard InChI is InChI=1S/C10H14BrN3OS/c11-6-8(15)12-10-14-13-9(16-10)7-4-2-1-3-5-7/h7H,1-6H2,(H,12,14,15). The van der Waals surface area contributed by atoms with Crippen LogP contribution in [0.25, 0.3) is 0 Å². The lowest BCUT2D eigenvalue weighted by Gasteiger charge is -2.18. The highest BCUT2D eigenvalue weighted by Gasteiger charge is 2.19. The SMILES string of the molecule is O=C(CBr)Nc1nnc(C2CCCCC2)s1. The zero-order chi connectivity index (χ0) is 11.4. The van der Waals surface area contributed by atoms with Crippen molar-refractivity contribution in [3.63, 3.8) is 0 Å². The molecule has 1 aliphatic carbocycles. The van der Waals surface area contributed by atoms with E-state index in [1.54, 1.807) is 0 Å². The summed E-state index contributed by atoms with van der Waals surface area (Å²) in [6, 6.07) is 0. The maximum Gasteiger partial charge on any atom is 0.236 e. The number of rotatable bonds is 3. The summed E-state index contributed by atoms with van der Waals surface area (Å²) in [5, 5.41) is 12.9. The average Bonchev–Trinajstić information content (AvgIpc) is 2.78. The van der Waals surface area contributed by atoms with Crippen molar-refractivity contribution in [1.82, 2.24) is 10.2 Å². The van der Waals surface area contributed by atoms with Gasteiger partial charge in [0.2, 0.25) is 11.0 Å². The van der Waals surface area contributed by atoms with Crippen molar-refractivity contribution in [3.05, 3.63) is 5.01 Å². The molecular weight excluding hydrogens is 290 g/mol. The normalized spacial score (nSPS) is 17.3. The van der Waals surface area contributed by atoms with E-state index in [4.69, 9.17) is 0 Å². The Morgan fingerprint density at radius 1 is 1.38 bits per heavy atom. The molecule has 1 aromatic heterocycles. The van der Waals surface area contributed by atoms with Gasteiger partial charge in [-0.15, -0.1) is 10.2 Å². The van der Waals surface area contributed by atoms with Gasteiger partial charge in [-0.3, -0.25) is 10.1 Å². The zero-order valence-corrected chi connectivity index (χ0v) is 11.3. The molecule has 0 spiro atoms. The minimum absolute atomic E-state index is 0.0775. The van der Waals surface area contributed by atoms with E-state index in [0.717, 1.165) is 5.01 Å². The van der Waals surface area contributed by atoms with Crippen molar-refractivity contribution in [2.45, 2.75) is 38.0 Å². The number of hydrogen-bond acceptors (Lipinski definition) is 4.